The van der Waals surface area contributed by atoms with Crippen LogP contribution in [0.15, 0.2) is 39.8 Å². The molecular weight excluding hydrogens is 302 g/mol. The summed E-state index contributed by atoms with van der Waals surface area (Å²) in [6.07, 6.45) is 9.07. The number of allylic oxidation sites excluding steroid dienone is 4. The lowest BCUT2D eigenvalue weighted by atomic mass is 9.95. The minimum atomic E-state index is 0.837. The lowest BCUT2D eigenvalue weighted by Gasteiger charge is -2.16. The van der Waals surface area contributed by atoms with Gasteiger partial charge in [-0.15, -0.1) is 11.3 Å². The zero-order valence-corrected chi connectivity index (χ0v) is 16.0. The van der Waals surface area contributed by atoms with Crippen molar-refractivity contribution in [3.8, 4) is 0 Å². The molecule has 1 aromatic heterocycles. The largest absolute Gasteiger partial charge is 0.398 e. The molecule has 0 atom stereocenters. The average Bonchev–Trinajstić information content (AvgIpc) is 2.96. The molecule has 1 rings (SSSR count). The Bertz CT molecular complexity index is 645. The van der Waals surface area contributed by atoms with Gasteiger partial charge in [0.2, 0.25) is 0 Å². The van der Waals surface area contributed by atoms with Crippen LogP contribution in [0.1, 0.15) is 63.8 Å². The summed E-state index contributed by atoms with van der Waals surface area (Å²) in [4.78, 5) is 10.1. The number of unbranched alkanes of at least 4 members (excludes halogenated alkanes) is 1. The molecule has 1 heterocycles. The average molecular weight is 332 g/mol. The van der Waals surface area contributed by atoms with Gasteiger partial charge in [0.05, 0.1) is 9.88 Å². The first kappa shape index (κ1) is 19.4. The highest BCUT2D eigenvalue weighted by Crippen LogP contribution is 2.34. The van der Waals surface area contributed by atoms with Gasteiger partial charge in [-0.1, -0.05) is 26.3 Å². The number of aromatic nitrogens is 1. The number of thiazole rings is 1. The Morgan fingerprint density at radius 3 is 2.52 bits per heavy atom. The van der Waals surface area contributed by atoms with Crippen molar-refractivity contribution in [1.82, 2.24) is 4.98 Å². The second-order valence-electron chi connectivity index (χ2n) is 5.55. The molecule has 23 heavy (non-hydrogen) atoms. The van der Waals surface area contributed by atoms with Crippen LogP contribution < -0.4 is 5.73 Å². The van der Waals surface area contributed by atoms with Crippen LogP contribution in [0.25, 0.3) is 5.57 Å². The molecule has 3 nitrogen and oxygen atoms in total. The first-order valence-corrected chi connectivity index (χ1v) is 9.06. The number of hydrogen-bond donors (Lipinski definition) is 1. The monoisotopic (exact) mass is 331 g/mol. The fraction of sp³-hybridized carbons (Fsp3) is 0.474. The van der Waals surface area contributed by atoms with Crippen LogP contribution in [-0.2, 0) is 0 Å². The number of hydrogen-bond acceptors (Lipinski definition) is 4. The molecule has 2 N–H and O–H groups in total. The number of nitrogens with two attached hydrogens (primary N) is 1. The highest BCUT2D eigenvalue weighted by Gasteiger charge is 2.17. The van der Waals surface area contributed by atoms with Gasteiger partial charge < -0.3 is 5.73 Å². The number of rotatable bonds is 7. The van der Waals surface area contributed by atoms with E-state index >= 15 is 0 Å². The molecule has 0 aliphatic heterocycles. The van der Waals surface area contributed by atoms with E-state index in [0.717, 1.165) is 51.7 Å². The van der Waals surface area contributed by atoms with Crippen LogP contribution in [0.4, 0.5) is 0 Å². The Hall–Kier alpha value is -1.68. The van der Waals surface area contributed by atoms with Crippen LogP contribution in [0, 0.1) is 6.92 Å². The van der Waals surface area contributed by atoms with Crippen molar-refractivity contribution in [3.05, 3.63) is 44.7 Å². The molecule has 0 saturated heterocycles. The summed E-state index contributed by atoms with van der Waals surface area (Å²) in [7, 11) is 0. The van der Waals surface area contributed by atoms with Crippen molar-refractivity contribution >= 4 is 23.1 Å². The smallest absolute Gasteiger partial charge is 0.0900 e. The molecule has 0 aliphatic rings. The van der Waals surface area contributed by atoms with Crippen molar-refractivity contribution in [3.63, 3.8) is 0 Å². The van der Waals surface area contributed by atoms with E-state index in [0.29, 0.717) is 0 Å². The second kappa shape index (κ2) is 9.46. The molecule has 0 amide bonds. The van der Waals surface area contributed by atoms with E-state index in [1.54, 1.807) is 11.3 Å². The summed E-state index contributed by atoms with van der Waals surface area (Å²) >= 11 is 1.70. The highest BCUT2D eigenvalue weighted by atomic mass is 32.1. The summed E-state index contributed by atoms with van der Waals surface area (Å²) in [5.41, 5.74) is 11.7. The van der Waals surface area contributed by atoms with Gasteiger partial charge >= 0.3 is 0 Å². The molecule has 4 heteroatoms. The Labute approximate surface area is 144 Å². The molecule has 0 spiro atoms. The van der Waals surface area contributed by atoms with Crippen molar-refractivity contribution in [2.24, 2.45) is 10.7 Å². The molecular formula is C19H29N3S. The zero-order chi connectivity index (χ0) is 17.4. The topological polar surface area (TPSA) is 51.3 Å². The predicted octanol–water partition coefficient (Wildman–Crippen LogP) is 5.64. The molecule has 1 aromatic rings. The summed E-state index contributed by atoms with van der Waals surface area (Å²) in [5.74, 6) is 0. The Morgan fingerprint density at radius 2 is 2.04 bits per heavy atom. The van der Waals surface area contributed by atoms with Gasteiger partial charge in [-0.05, 0) is 46.1 Å². The number of aliphatic imine (C=N–C) groups is 1. The molecule has 0 bridgehead atoms. The van der Waals surface area contributed by atoms with Crippen LogP contribution in [0.5, 0.6) is 0 Å². The van der Waals surface area contributed by atoms with Gasteiger partial charge in [0.25, 0.3) is 0 Å². The number of nitrogens with zero attached hydrogens (tertiary/aromatic N) is 2. The van der Waals surface area contributed by atoms with Crippen molar-refractivity contribution in [2.75, 3.05) is 0 Å². The molecule has 0 unspecified atom stereocenters. The zero-order valence-electron chi connectivity index (χ0n) is 15.2. The van der Waals surface area contributed by atoms with E-state index in [2.05, 4.69) is 36.8 Å². The molecule has 0 fully saturated rings. The number of aryl methyl sites for hydroxylation is 1. The molecule has 0 saturated carbocycles. The maximum atomic E-state index is 6.51. The molecule has 0 radical (unpaired) electrons. The predicted molar refractivity (Wildman–Crippen MR) is 104 cm³/mol. The summed E-state index contributed by atoms with van der Waals surface area (Å²) in [5, 5.41) is 1.06. The SMILES string of the molecule is CC=N/C(C)=C(C(\N)=C(/C)CC)/C(=C\CCC)c1cnc(C)s1. The summed E-state index contributed by atoms with van der Waals surface area (Å²) in [6, 6.07) is 0. The third-order valence-corrected chi connectivity index (χ3v) is 4.68. The maximum absolute atomic E-state index is 6.51. The maximum Gasteiger partial charge on any atom is 0.0900 e. The van der Waals surface area contributed by atoms with E-state index in [1.165, 1.54) is 5.57 Å². The second-order valence-corrected chi connectivity index (χ2v) is 6.78. The van der Waals surface area contributed by atoms with Crippen LogP contribution in [-0.4, -0.2) is 11.2 Å². The summed E-state index contributed by atoms with van der Waals surface area (Å²) < 4.78 is 0. The van der Waals surface area contributed by atoms with E-state index in [4.69, 9.17) is 5.73 Å². The third-order valence-electron chi connectivity index (χ3n) is 3.74. The minimum Gasteiger partial charge on any atom is -0.398 e. The Morgan fingerprint density at radius 1 is 1.35 bits per heavy atom. The molecule has 0 aliphatic carbocycles. The lowest BCUT2D eigenvalue weighted by Crippen LogP contribution is -2.08. The van der Waals surface area contributed by atoms with E-state index in [-0.39, 0.29) is 0 Å². The highest BCUT2D eigenvalue weighted by molar-refractivity contribution is 7.12. The van der Waals surface area contributed by atoms with Gasteiger partial charge in [0.1, 0.15) is 0 Å². The van der Waals surface area contributed by atoms with Crippen molar-refractivity contribution < 1.29 is 0 Å². The van der Waals surface area contributed by atoms with E-state index in [9.17, 15) is 0 Å². The minimum absolute atomic E-state index is 0.837. The van der Waals surface area contributed by atoms with Gasteiger partial charge in [0, 0.05) is 35.0 Å². The fourth-order valence-electron chi connectivity index (χ4n) is 2.30. The van der Waals surface area contributed by atoms with Crippen molar-refractivity contribution in [2.45, 2.75) is 60.8 Å². The normalized spacial score (nSPS) is 15.0. The Kier molecular flexibility index (Phi) is 7.96. The fourth-order valence-corrected chi connectivity index (χ4v) is 3.12. The van der Waals surface area contributed by atoms with Gasteiger partial charge in [-0.2, -0.15) is 0 Å². The molecule has 126 valence electrons. The van der Waals surface area contributed by atoms with E-state index in [1.807, 2.05) is 33.2 Å². The van der Waals surface area contributed by atoms with Crippen molar-refractivity contribution in [1.29, 1.82) is 0 Å². The lowest BCUT2D eigenvalue weighted by molar-refractivity contribution is 0.958. The van der Waals surface area contributed by atoms with Crippen LogP contribution >= 0.6 is 11.3 Å². The van der Waals surface area contributed by atoms with E-state index < -0.39 is 0 Å². The van der Waals surface area contributed by atoms with Crippen LogP contribution in [0.2, 0.25) is 0 Å². The molecule has 0 aromatic carbocycles. The van der Waals surface area contributed by atoms with Gasteiger partial charge in [0.15, 0.2) is 0 Å². The first-order chi connectivity index (χ1) is 11.0. The third kappa shape index (κ3) is 5.17. The quantitative estimate of drug-likeness (QED) is 0.519. The standard InChI is InChI=1S/C19H29N3S/c1-7-10-11-16(17-12-22-15(6)23-17)18(14(5)21-9-3)19(20)13(4)8-2/h9,11-12H,7-8,10,20H2,1-6H3/b16-11-,18-14-,19-13-,21-9?. The van der Waals surface area contributed by atoms with Gasteiger partial charge in [-0.25, -0.2) is 4.98 Å². The summed E-state index contributed by atoms with van der Waals surface area (Å²) in [6.45, 7) is 12.4. The first-order valence-electron chi connectivity index (χ1n) is 8.24. The van der Waals surface area contributed by atoms with Crippen LogP contribution in [0.3, 0.4) is 0 Å². The van der Waals surface area contributed by atoms with Gasteiger partial charge in [-0.3, -0.25) is 4.99 Å². The Balaban J connectivity index is 3.61.